The average Bonchev–Trinajstić information content (AvgIpc) is 3.31. The highest BCUT2D eigenvalue weighted by atomic mass is 32.2. The molecule has 3 heterocycles. The van der Waals surface area contributed by atoms with E-state index in [2.05, 4.69) is 15.6 Å². The highest BCUT2D eigenvalue weighted by Gasteiger charge is 2.48. The van der Waals surface area contributed by atoms with Crippen LogP contribution in [-0.4, -0.2) is 45.4 Å². The van der Waals surface area contributed by atoms with Gasteiger partial charge in [0.15, 0.2) is 0 Å². The highest BCUT2D eigenvalue weighted by molar-refractivity contribution is 7.99. The first kappa shape index (κ1) is 20.4. The summed E-state index contributed by atoms with van der Waals surface area (Å²) in [5.41, 5.74) is 2.55. The second-order valence-electron chi connectivity index (χ2n) is 7.80. The first-order chi connectivity index (χ1) is 14.5. The van der Waals surface area contributed by atoms with Gasteiger partial charge in [-0.25, -0.2) is 0 Å². The Hall–Kier alpha value is -2.87. The summed E-state index contributed by atoms with van der Waals surface area (Å²) in [6.07, 6.45) is 3.34. The number of carbonyl (C=O) groups is 3. The molecule has 2 N–H and O–H groups in total. The molecule has 30 heavy (non-hydrogen) atoms. The van der Waals surface area contributed by atoms with Crippen molar-refractivity contribution < 1.29 is 14.4 Å². The van der Waals surface area contributed by atoms with Gasteiger partial charge in [-0.1, -0.05) is 32.0 Å². The predicted octanol–water partition coefficient (Wildman–Crippen LogP) is 2.11. The Balaban J connectivity index is 1.43. The zero-order valence-electron chi connectivity index (χ0n) is 16.9. The Morgan fingerprint density at radius 2 is 1.93 bits per heavy atom. The van der Waals surface area contributed by atoms with Crippen LogP contribution in [0.1, 0.15) is 40.7 Å². The van der Waals surface area contributed by atoms with Crippen molar-refractivity contribution in [3.63, 3.8) is 0 Å². The molecule has 3 amide bonds. The Morgan fingerprint density at radius 1 is 1.20 bits per heavy atom. The van der Waals surface area contributed by atoms with Gasteiger partial charge in [0, 0.05) is 30.3 Å². The third kappa shape index (κ3) is 3.79. The van der Waals surface area contributed by atoms with Crippen LogP contribution in [0.4, 0.5) is 0 Å². The molecule has 0 aliphatic carbocycles. The van der Waals surface area contributed by atoms with Crippen LogP contribution < -0.4 is 10.6 Å². The minimum absolute atomic E-state index is 0.0947. The number of nitrogens with one attached hydrogen (secondary N) is 2. The molecular weight excluding hydrogens is 400 g/mol. The molecule has 0 saturated carbocycles. The lowest BCUT2D eigenvalue weighted by molar-refractivity contribution is -0.132. The number of hydrogen-bond acceptors (Lipinski definition) is 5. The summed E-state index contributed by atoms with van der Waals surface area (Å²) in [6, 6.07) is 9.87. The molecule has 8 heteroatoms. The van der Waals surface area contributed by atoms with Crippen LogP contribution in [-0.2, 0) is 16.1 Å². The highest BCUT2D eigenvalue weighted by Crippen LogP contribution is 2.48. The minimum atomic E-state index is -0.677. The quantitative estimate of drug-likeness (QED) is 0.741. The van der Waals surface area contributed by atoms with E-state index in [9.17, 15) is 14.4 Å². The summed E-state index contributed by atoms with van der Waals surface area (Å²) in [5, 5.41) is 5.63. The molecule has 3 atom stereocenters. The van der Waals surface area contributed by atoms with Crippen molar-refractivity contribution in [2.24, 2.45) is 5.92 Å². The monoisotopic (exact) mass is 424 g/mol. The van der Waals surface area contributed by atoms with Gasteiger partial charge >= 0.3 is 0 Å². The van der Waals surface area contributed by atoms with Gasteiger partial charge in [-0.2, -0.15) is 0 Å². The Labute approximate surface area is 179 Å². The Kier molecular flexibility index (Phi) is 5.76. The number of nitrogens with zero attached hydrogens (tertiary/aromatic N) is 2. The molecule has 1 aromatic heterocycles. The van der Waals surface area contributed by atoms with Crippen LogP contribution in [0.5, 0.6) is 0 Å². The van der Waals surface area contributed by atoms with Crippen LogP contribution in [0.25, 0.3) is 0 Å². The van der Waals surface area contributed by atoms with E-state index in [1.807, 2.05) is 44.2 Å². The summed E-state index contributed by atoms with van der Waals surface area (Å²) >= 11 is 1.59. The predicted molar refractivity (Wildman–Crippen MR) is 114 cm³/mol. The van der Waals surface area contributed by atoms with Crippen LogP contribution in [0.2, 0.25) is 0 Å². The number of rotatable bonds is 6. The topological polar surface area (TPSA) is 91.4 Å². The maximum atomic E-state index is 13.1. The number of pyridine rings is 1. The third-order valence-electron chi connectivity index (χ3n) is 5.46. The van der Waals surface area contributed by atoms with Crippen LogP contribution >= 0.6 is 11.8 Å². The first-order valence-electron chi connectivity index (χ1n) is 9.97. The fraction of sp³-hybridized carbons (Fsp3) is 0.364. The van der Waals surface area contributed by atoms with Gasteiger partial charge in [0.25, 0.3) is 5.91 Å². The van der Waals surface area contributed by atoms with E-state index in [0.29, 0.717) is 17.9 Å². The molecule has 1 aromatic carbocycles. The lowest BCUT2D eigenvalue weighted by Crippen LogP contribution is -2.55. The molecule has 7 nitrogen and oxygen atoms in total. The number of thioether (sulfide) groups is 1. The number of fused-ring (bicyclic) bond motifs is 3. The standard InChI is InChI=1S/C22H24N4O3S/c1-13(2)18(20(28)24-11-14-7-9-23-10-8-14)25-19(27)17-12-30-22-16-6-4-3-5-15(16)21(29)26(17)22/h3-10,13,17-18,22H,11-12H2,1-2H3,(H,24,28)(H,25,27)/t17-,18-,22-/m0/s1. The smallest absolute Gasteiger partial charge is 0.256 e. The molecule has 1 saturated heterocycles. The lowest BCUT2D eigenvalue weighted by atomic mass is 10.0. The average molecular weight is 425 g/mol. The van der Waals surface area contributed by atoms with Gasteiger partial charge in [-0.3, -0.25) is 19.4 Å². The Bertz CT molecular complexity index is 966. The van der Waals surface area contributed by atoms with Gasteiger partial charge in [-0.05, 0) is 35.2 Å². The van der Waals surface area contributed by atoms with E-state index in [0.717, 1.165) is 11.1 Å². The fourth-order valence-electron chi connectivity index (χ4n) is 3.83. The van der Waals surface area contributed by atoms with E-state index < -0.39 is 12.1 Å². The van der Waals surface area contributed by atoms with Gasteiger partial charge in [0.1, 0.15) is 17.5 Å². The molecule has 0 radical (unpaired) electrons. The molecule has 0 bridgehead atoms. The zero-order valence-corrected chi connectivity index (χ0v) is 17.7. The molecule has 1 fully saturated rings. The van der Waals surface area contributed by atoms with E-state index in [1.54, 1.807) is 35.1 Å². The van der Waals surface area contributed by atoms with Gasteiger partial charge in [0.05, 0.1) is 0 Å². The Morgan fingerprint density at radius 3 is 2.67 bits per heavy atom. The molecule has 2 aliphatic rings. The second-order valence-corrected chi connectivity index (χ2v) is 8.92. The molecule has 0 unspecified atom stereocenters. The fourth-order valence-corrected chi connectivity index (χ4v) is 5.29. The second kappa shape index (κ2) is 8.47. The molecule has 2 aliphatic heterocycles. The van der Waals surface area contributed by atoms with Crippen molar-refractivity contribution in [1.82, 2.24) is 20.5 Å². The van der Waals surface area contributed by atoms with Gasteiger partial charge in [0.2, 0.25) is 11.8 Å². The maximum Gasteiger partial charge on any atom is 0.256 e. The van der Waals surface area contributed by atoms with Gasteiger partial charge in [-0.15, -0.1) is 11.8 Å². The molecule has 0 spiro atoms. The van der Waals surface area contributed by atoms with E-state index in [1.165, 1.54) is 0 Å². The van der Waals surface area contributed by atoms with Gasteiger partial charge < -0.3 is 15.5 Å². The van der Waals surface area contributed by atoms with Crippen molar-refractivity contribution >= 4 is 29.5 Å². The largest absolute Gasteiger partial charge is 0.350 e. The maximum absolute atomic E-state index is 13.1. The minimum Gasteiger partial charge on any atom is -0.350 e. The van der Waals surface area contributed by atoms with E-state index >= 15 is 0 Å². The van der Waals surface area contributed by atoms with E-state index in [-0.39, 0.29) is 29.0 Å². The molecule has 156 valence electrons. The first-order valence-corrected chi connectivity index (χ1v) is 11.0. The molecular formula is C22H24N4O3S. The summed E-state index contributed by atoms with van der Waals surface area (Å²) in [7, 11) is 0. The lowest BCUT2D eigenvalue weighted by Gasteiger charge is -2.27. The number of amides is 3. The number of carbonyl (C=O) groups excluding carboxylic acids is 3. The summed E-state index contributed by atoms with van der Waals surface area (Å²) in [4.78, 5) is 44.3. The van der Waals surface area contributed by atoms with Crippen LogP contribution in [0.15, 0.2) is 48.8 Å². The van der Waals surface area contributed by atoms with Crippen molar-refractivity contribution in [3.8, 4) is 0 Å². The van der Waals surface area contributed by atoms with Crippen molar-refractivity contribution in [2.45, 2.75) is 37.8 Å². The summed E-state index contributed by atoms with van der Waals surface area (Å²) < 4.78 is 0. The zero-order chi connectivity index (χ0) is 21.3. The normalized spacial score (nSPS) is 20.6. The van der Waals surface area contributed by atoms with Crippen LogP contribution in [0, 0.1) is 5.92 Å². The van der Waals surface area contributed by atoms with E-state index in [4.69, 9.17) is 0 Å². The molecule has 2 aromatic rings. The SMILES string of the molecule is CC(C)[C@H](NC(=O)[C@@H]1CS[C@H]2c3ccccc3C(=O)N12)C(=O)NCc1ccncc1. The number of benzene rings is 1. The number of aromatic nitrogens is 1. The summed E-state index contributed by atoms with van der Waals surface area (Å²) in [6.45, 7) is 4.14. The van der Waals surface area contributed by atoms with Crippen molar-refractivity contribution in [3.05, 3.63) is 65.5 Å². The molecule has 4 rings (SSSR count). The summed E-state index contributed by atoms with van der Waals surface area (Å²) in [5.74, 6) is -0.232. The number of hydrogen-bond donors (Lipinski definition) is 2. The van der Waals surface area contributed by atoms with Crippen LogP contribution in [0.3, 0.4) is 0 Å². The van der Waals surface area contributed by atoms with Crippen molar-refractivity contribution in [1.29, 1.82) is 0 Å². The third-order valence-corrected chi connectivity index (χ3v) is 6.76. The van der Waals surface area contributed by atoms with Crippen molar-refractivity contribution in [2.75, 3.05) is 5.75 Å².